The van der Waals surface area contributed by atoms with Gasteiger partial charge in [-0.15, -0.1) is 10.2 Å². The number of aromatic nitrogens is 3. The SMILES string of the molecule is Nc1nnc(CNC(=O)[C@@]23COC[C@@H]2CN(Cc2cc(C4CCCCC4)no2)C3)s1. The van der Waals surface area contributed by atoms with Gasteiger partial charge in [0.25, 0.3) is 0 Å². The fourth-order valence-corrected chi connectivity index (χ4v) is 5.71. The lowest BCUT2D eigenvalue weighted by Crippen LogP contribution is -2.46. The van der Waals surface area contributed by atoms with E-state index in [1.54, 1.807) is 0 Å². The van der Waals surface area contributed by atoms with Crippen LogP contribution in [0.25, 0.3) is 0 Å². The molecule has 1 aliphatic carbocycles. The van der Waals surface area contributed by atoms with Crippen molar-refractivity contribution in [1.82, 2.24) is 25.6 Å². The van der Waals surface area contributed by atoms with E-state index in [9.17, 15) is 4.79 Å². The number of anilines is 1. The third-order valence-corrected chi connectivity index (χ3v) is 7.51. The summed E-state index contributed by atoms with van der Waals surface area (Å²) in [5.41, 5.74) is 6.19. The third-order valence-electron chi connectivity index (χ3n) is 6.76. The van der Waals surface area contributed by atoms with Crippen LogP contribution in [0.2, 0.25) is 0 Å². The van der Waals surface area contributed by atoms with E-state index in [0.717, 1.165) is 18.0 Å². The Bertz CT molecular complexity index is 895. The van der Waals surface area contributed by atoms with Crippen LogP contribution in [0, 0.1) is 11.3 Å². The normalized spacial score (nSPS) is 27.4. The molecule has 5 rings (SSSR count). The highest BCUT2D eigenvalue weighted by atomic mass is 32.1. The van der Waals surface area contributed by atoms with Crippen molar-refractivity contribution in [3.05, 3.63) is 22.5 Å². The van der Waals surface area contributed by atoms with Gasteiger partial charge in [0, 0.05) is 31.0 Å². The Hall–Kier alpha value is -2.04. The zero-order chi connectivity index (χ0) is 20.6. The van der Waals surface area contributed by atoms with Crippen LogP contribution in [0.3, 0.4) is 0 Å². The van der Waals surface area contributed by atoms with Crippen molar-refractivity contribution in [2.24, 2.45) is 11.3 Å². The minimum absolute atomic E-state index is 0.0155. The van der Waals surface area contributed by atoms with Crippen LogP contribution in [-0.2, 0) is 22.6 Å². The molecule has 2 atom stereocenters. The van der Waals surface area contributed by atoms with Gasteiger partial charge >= 0.3 is 0 Å². The number of hydrogen-bond acceptors (Lipinski definition) is 9. The van der Waals surface area contributed by atoms with Crippen LogP contribution in [-0.4, -0.2) is 52.5 Å². The molecule has 0 spiro atoms. The van der Waals surface area contributed by atoms with Crippen molar-refractivity contribution in [2.45, 2.75) is 51.1 Å². The third kappa shape index (κ3) is 3.83. The Morgan fingerprint density at radius 3 is 3.00 bits per heavy atom. The number of ether oxygens (including phenoxy) is 1. The van der Waals surface area contributed by atoms with Gasteiger partial charge < -0.3 is 20.3 Å². The molecule has 3 N–H and O–H groups in total. The zero-order valence-corrected chi connectivity index (χ0v) is 17.8. The fourth-order valence-electron chi connectivity index (χ4n) is 5.17. The number of nitrogens with one attached hydrogen (secondary N) is 1. The largest absolute Gasteiger partial charge is 0.380 e. The summed E-state index contributed by atoms with van der Waals surface area (Å²) < 4.78 is 11.4. The maximum Gasteiger partial charge on any atom is 0.230 e. The number of amides is 1. The second kappa shape index (κ2) is 8.24. The molecule has 4 heterocycles. The molecule has 2 saturated heterocycles. The summed E-state index contributed by atoms with van der Waals surface area (Å²) in [5.74, 6) is 1.62. The molecular formula is C20H28N6O3S. The molecule has 0 aromatic carbocycles. The summed E-state index contributed by atoms with van der Waals surface area (Å²) in [7, 11) is 0. The van der Waals surface area contributed by atoms with Gasteiger partial charge in [-0.05, 0) is 12.8 Å². The molecule has 3 aliphatic rings. The van der Waals surface area contributed by atoms with E-state index in [1.165, 1.54) is 43.4 Å². The van der Waals surface area contributed by atoms with Gasteiger partial charge in [0.05, 0.1) is 37.4 Å². The van der Waals surface area contributed by atoms with Crippen molar-refractivity contribution in [1.29, 1.82) is 0 Å². The highest BCUT2D eigenvalue weighted by Crippen LogP contribution is 2.42. The van der Waals surface area contributed by atoms with E-state index in [-0.39, 0.29) is 11.8 Å². The van der Waals surface area contributed by atoms with E-state index >= 15 is 0 Å². The molecule has 0 unspecified atom stereocenters. The fraction of sp³-hybridized carbons (Fsp3) is 0.700. The lowest BCUT2D eigenvalue weighted by molar-refractivity contribution is -0.131. The van der Waals surface area contributed by atoms with Crippen molar-refractivity contribution < 1.29 is 14.1 Å². The van der Waals surface area contributed by atoms with E-state index in [2.05, 4.69) is 31.6 Å². The predicted octanol–water partition coefficient (Wildman–Crippen LogP) is 1.92. The van der Waals surface area contributed by atoms with Crippen molar-refractivity contribution >= 4 is 22.4 Å². The predicted molar refractivity (Wildman–Crippen MR) is 111 cm³/mol. The molecule has 1 amide bonds. The molecule has 0 bridgehead atoms. The number of nitrogen functional groups attached to an aromatic ring is 1. The van der Waals surface area contributed by atoms with Crippen LogP contribution >= 0.6 is 11.3 Å². The van der Waals surface area contributed by atoms with Crippen molar-refractivity contribution in [3.8, 4) is 0 Å². The van der Waals surface area contributed by atoms with Crippen LogP contribution in [0.4, 0.5) is 5.13 Å². The molecule has 30 heavy (non-hydrogen) atoms. The molecule has 10 heteroatoms. The minimum Gasteiger partial charge on any atom is -0.380 e. The first kappa shape index (κ1) is 19.9. The number of carbonyl (C=O) groups excluding carboxylic acids is 1. The molecule has 0 radical (unpaired) electrons. The first-order valence-electron chi connectivity index (χ1n) is 10.7. The van der Waals surface area contributed by atoms with Gasteiger partial charge in [0.1, 0.15) is 5.01 Å². The maximum absolute atomic E-state index is 13.1. The second-order valence-electron chi connectivity index (χ2n) is 8.81. The monoisotopic (exact) mass is 432 g/mol. The summed E-state index contributed by atoms with van der Waals surface area (Å²) in [4.78, 5) is 15.4. The van der Waals surface area contributed by atoms with Gasteiger partial charge in [0.15, 0.2) is 5.76 Å². The van der Waals surface area contributed by atoms with E-state index < -0.39 is 5.41 Å². The molecule has 2 aromatic rings. The van der Waals surface area contributed by atoms with E-state index in [0.29, 0.717) is 48.9 Å². The number of nitrogens with two attached hydrogens (primary N) is 1. The number of likely N-dealkylation sites (tertiary alicyclic amines) is 1. The summed E-state index contributed by atoms with van der Waals surface area (Å²) in [5, 5.41) is 16.3. The Morgan fingerprint density at radius 1 is 1.33 bits per heavy atom. The van der Waals surface area contributed by atoms with Crippen LogP contribution in [0.1, 0.15) is 54.5 Å². The quantitative estimate of drug-likeness (QED) is 0.710. The molecule has 2 aromatic heterocycles. The number of fused-ring (bicyclic) bond motifs is 1. The number of nitrogens with zero attached hydrogens (tertiary/aromatic N) is 4. The van der Waals surface area contributed by atoms with Crippen molar-refractivity contribution in [2.75, 3.05) is 32.0 Å². The highest BCUT2D eigenvalue weighted by molar-refractivity contribution is 7.15. The van der Waals surface area contributed by atoms with Crippen molar-refractivity contribution in [3.63, 3.8) is 0 Å². The first-order chi connectivity index (χ1) is 14.6. The average molecular weight is 433 g/mol. The standard InChI is InChI=1S/C20H28N6O3S/c21-19-24-23-17(30-19)7-22-18(27)20-11-26(8-14(20)10-28-12-20)9-15-6-16(25-29-15)13-4-2-1-3-5-13/h6,13-14H,1-5,7-12H2,(H2,21,24)(H,22,27)/t14-,20-/m0/s1. The average Bonchev–Trinajstić information content (AvgIpc) is 3.51. The van der Waals surface area contributed by atoms with Gasteiger partial charge in [-0.3, -0.25) is 9.69 Å². The van der Waals surface area contributed by atoms with E-state index in [1.807, 2.05) is 0 Å². The topological polar surface area (TPSA) is 119 Å². The number of hydrogen-bond donors (Lipinski definition) is 2. The molecule has 2 aliphatic heterocycles. The lowest BCUT2D eigenvalue weighted by Gasteiger charge is -2.25. The van der Waals surface area contributed by atoms with Gasteiger partial charge in [0.2, 0.25) is 11.0 Å². The van der Waals surface area contributed by atoms with Gasteiger partial charge in [-0.25, -0.2) is 0 Å². The molecular weight excluding hydrogens is 404 g/mol. The smallest absolute Gasteiger partial charge is 0.230 e. The molecule has 9 nitrogen and oxygen atoms in total. The Labute approximate surface area is 179 Å². The van der Waals surface area contributed by atoms with Gasteiger partial charge in [-0.2, -0.15) is 0 Å². The lowest BCUT2D eigenvalue weighted by atomic mass is 9.80. The van der Waals surface area contributed by atoms with Crippen LogP contribution in [0.15, 0.2) is 10.6 Å². The molecule has 162 valence electrons. The molecule has 1 saturated carbocycles. The van der Waals surface area contributed by atoms with E-state index in [4.69, 9.17) is 15.0 Å². The minimum atomic E-state index is -0.525. The summed E-state index contributed by atoms with van der Waals surface area (Å²) >= 11 is 1.29. The maximum atomic E-state index is 13.1. The Kier molecular flexibility index (Phi) is 5.46. The second-order valence-corrected chi connectivity index (χ2v) is 9.90. The van der Waals surface area contributed by atoms with Crippen LogP contribution < -0.4 is 11.1 Å². The number of carbonyl (C=O) groups is 1. The van der Waals surface area contributed by atoms with Crippen LogP contribution in [0.5, 0.6) is 0 Å². The van der Waals surface area contributed by atoms with Gasteiger partial charge in [-0.1, -0.05) is 35.8 Å². The number of rotatable bonds is 6. The first-order valence-corrected chi connectivity index (χ1v) is 11.6. The summed E-state index contributed by atoms with van der Waals surface area (Å²) in [6, 6.07) is 2.12. The Balaban J connectivity index is 1.21. The summed E-state index contributed by atoms with van der Waals surface area (Å²) in [6.07, 6.45) is 6.30. The zero-order valence-electron chi connectivity index (χ0n) is 17.0. The summed E-state index contributed by atoms with van der Waals surface area (Å²) in [6.45, 7) is 3.55. The Morgan fingerprint density at radius 2 is 2.20 bits per heavy atom. The highest BCUT2D eigenvalue weighted by Gasteiger charge is 2.55. The molecule has 3 fully saturated rings.